The average molecular weight is 396 g/mol. The molecular formula is C20H27ClFN3O2. The van der Waals surface area contributed by atoms with Crippen molar-refractivity contribution in [3.05, 3.63) is 34.6 Å². The van der Waals surface area contributed by atoms with Crippen LogP contribution in [-0.2, 0) is 4.79 Å². The van der Waals surface area contributed by atoms with E-state index in [9.17, 15) is 14.0 Å². The van der Waals surface area contributed by atoms with Crippen molar-refractivity contribution in [3.8, 4) is 0 Å². The highest BCUT2D eigenvalue weighted by Gasteiger charge is 2.29. The molecular weight excluding hydrogens is 369 g/mol. The lowest BCUT2D eigenvalue weighted by Gasteiger charge is -2.38. The van der Waals surface area contributed by atoms with E-state index in [-0.39, 0.29) is 16.8 Å². The van der Waals surface area contributed by atoms with E-state index in [2.05, 4.69) is 18.7 Å². The second-order valence-electron chi connectivity index (χ2n) is 7.94. The summed E-state index contributed by atoms with van der Waals surface area (Å²) in [5.74, 6) is 0.626. The van der Waals surface area contributed by atoms with Gasteiger partial charge in [-0.2, -0.15) is 0 Å². The van der Waals surface area contributed by atoms with Crippen LogP contribution in [0.3, 0.4) is 0 Å². The second kappa shape index (κ2) is 8.57. The molecule has 0 N–H and O–H groups in total. The molecule has 2 saturated heterocycles. The van der Waals surface area contributed by atoms with E-state index >= 15 is 0 Å². The molecule has 0 radical (unpaired) electrons. The minimum Gasteiger partial charge on any atom is -0.341 e. The summed E-state index contributed by atoms with van der Waals surface area (Å²) in [6.45, 7) is 8.83. The lowest BCUT2D eigenvalue weighted by Crippen LogP contribution is -2.53. The van der Waals surface area contributed by atoms with Gasteiger partial charge in [0.2, 0.25) is 5.91 Å². The number of benzene rings is 1. The highest BCUT2D eigenvalue weighted by Crippen LogP contribution is 2.22. The Balaban J connectivity index is 1.51. The van der Waals surface area contributed by atoms with Gasteiger partial charge in [-0.05, 0) is 36.5 Å². The Hall–Kier alpha value is -1.66. The number of nitrogens with zero attached hydrogens (tertiary/aromatic N) is 3. The number of carbonyl (C=O) groups excluding carboxylic acids is 2. The zero-order valence-electron chi connectivity index (χ0n) is 16.0. The topological polar surface area (TPSA) is 43.9 Å². The van der Waals surface area contributed by atoms with Gasteiger partial charge in [0.05, 0.1) is 17.1 Å². The van der Waals surface area contributed by atoms with E-state index in [1.165, 1.54) is 18.6 Å². The summed E-state index contributed by atoms with van der Waals surface area (Å²) in [6, 6.07) is 3.83. The number of carbonyl (C=O) groups is 2. The third kappa shape index (κ3) is 4.99. The van der Waals surface area contributed by atoms with Crippen LogP contribution >= 0.6 is 11.6 Å². The summed E-state index contributed by atoms with van der Waals surface area (Å²) < 4.78 is 13.2. The minimum absolute atomic E-state index is 0.131. The first-order valence-corrected chi connectivity index (χ1v) is 9.95. The Morgan fingerprint density at radius 3 is 2.30 bits per heavy atom. The number of hydrogen-bond donors (Lipinski definition) is 0. The number of piperazine rings is 1. The first-order chi connectivity index (χ1) is 12.8. The van der Waals surface area contributed by atoms with Crippen molar-refractivity contribution in [1.82, 2.24) is 14.7 Å². The first-order valence-electron chi connectivity index (χ1n) is 9.58. The van der Waals surface area contributed by atoms with Gasteiger partial charge in [-0.3, -0.25) is 14.5 Å². The molecule has 2 fully saturated rings. The number of likely N-dealkylation sites (tertiary alicyclic amines) is 1. The zero-order valence-corrected chi connectivity index (χ0v) is 16.7. The Bertz CT molecular complexity index is 696. The minimum atomic E-state index is -0.457. The van der Waals surface area contributed by atoms with Gasteiger partial charge in [0.1, 0.15) is 5.82 Å². The van der Waals surface area contributed by atoms with Crippen LogP contribution in [0.5, 0.6) is 0 Å². The summed E-state index contributed by atoms with van der Waals surface area (Å²) in [5, 5.41) is 0.131. The Morgan fingerprint density at radius 2 is 1.70 bits per heavy atom. The average Bonchev–Trinajstić information content (AvgIpc) is 2.61. The molecule has 2 amide bonds. The van der Waals surface area contributed by atoms with Gasteiger partial charge in [0.25, 0.3) is 5.91 Å². The highest BCUT2D eigenvalue weighted by molar-refractivity contribution is 6.33. The molecule has 148 valence electrons. The number of piperidine rings is 1. The number of rotatable bonds is 3. The molecule has 5 nitrogen and oxygen atoms in total. The molecule has 2 aliphatic heterocycles. The maximum Gasteiger partial charge on any atom is 0.255 e. The van der Waals surface area contributed by atoms with E-state index in [1.807, 2.05) is 4.90 Å². The summed E-state index contributed by atoms with van der Waals surface area (Å²) in [5.41, 5.74) is 0.318. The lowest BCUT2D eigenvalue weighted by molar-refractivity contribution is -0.135. The monoisotopic (exact) mass is 395 g/mol. The quantitative estimate of drug-likeness (QED) is 0.790. The zero-order chi connectivity index (χ0) is 19.6. The Morgan fingerprint density at radius 1 is 1.07 bits per heavy atom. The molecule has 2 heterocycles. The summed E-state index contributed by atoms with van der Waals surface area (Å²) >= 11 is 6.00. The molecule has 0 spiro atoms. The molecule has 7 heteroatoms. The molecule has 1 aromatic carbocycles. The number of halogens is 2. The molecule has 0 bridgehead atoms. The van der Waals surface area contributed by atoms with Crippen molar-refractivity contribution in [3.63, 3.8) is 0 Å². The van der Waals surface area contributed by atoms with Crippen molar-refractivity contribution in [1.29, 1.82) is 0 Å². The fourth-order valence-corrected chi connectivity index (χ4v) is 4.35. The second-order valence-corrected chi connectivity index (χ2v) is 8.34. The van der Waals surface area contributed by atoms with E-state index < -0.39 is 5.82 Å². The molecule has 2 aliphatic rings. The van der Waals surface area contributed by atoms with Crippen LogP contribution in [0.4, 0.5) is 4.39 Å². The van der Waals surface area contributed by atoms with Crippen LogP contribution in [0.25, 0.3) is 0 Å². The largest absolute Gasteiger partial charge is 0.341 e. The Labute approximate surface area is 165 Å². The van der Waals surface area contributed by atoms with Crippen LogP contribution < -0.4 is 0 Å². The van der Waals surface area contributed by atoms with Crippen LogP contribution in [0, 0.1) is 17.7 Å². The molecule has 0 saturated carbocycles. The molecule has 3 rings (SSSR count). The van der Waals surface area contributed by atoms with Crippen LogP contribution in [0.15, 0.2) is 18.2 Å². The normalized spacial score (nSPS) is 24.1. The SMILES string of the molecule is CC1CC(C)CN(C(=O)CN2CCN(C(=O)c3ccc(F)cc3Cl)CC2)C1. The van der Waals surface area contributed by atoms with Crippen molar-refractivity contribution < 1.29 is 14.0 Å². The predicted octanol–water partition coefficient (Wildman–Crippen LogP) is 2.74. The third-order valence-electron chi connectivity index (χ3n) is 5.40. The highest BCUT2D eigenvalue weighted by atomic mass is 35.5. The van der Waals surface area contributed by atoms with Gasteiger partial charge in [0.15, 0.2) is 0 Å². The van der Waals surface area contributed by atoms with Crippen molar-refractivity contribution >= 4 is 23.4 Å². The summed E-state index contributed by atoms with van der Waals surface area (Å²) in [7, 11) is 0. The van der Waals surface area contributed by atoms with Gasteiger partial charge < -0.3 is 9.80 Å². The maximum absolute atomic E-state index is 13.2. The maximum atomic E-state index is 13.2. The standard InChI is InChI=1S/C20H27ClFN3O2/c1-14-9-15(2)12-25(11-14)19(26)13-23-5-7-24(8-6-23)20(27)17-4-3-16(22)10-18(17)21/h3-4,10,14-15H,5-9,11-13H2,1-2H3. The van der Waals surface area contributed by atoms with E-state index in [0.717, 1.165) is 19.2 Å². The molecule has 2 unspecified atom stereocenters. The van der Waals surface area contributed by atoms with Crippen LogP contribution in [-0.4, -0.2) is 72.3 Å². The Kier molecular flexibility index (Phi) is 6.37. The van der Waals surface area contributed by atoms with E-state index in [0.29, 0.717) is 50.1 Å². The number of amides is 2. The molecule has 0 aromatic heterocycles. The fourth-order valence-electron chi connectivity index (χ4n) is 4.10. The van der Waals surface area contributed by atoms with Gasteiger partial charge >= 0.3 is 0 Å². The predicted molar refractivity (Wildman–Crippen MR) is 103 cm³/mol. The van der Waals surface area contributed by atoms with Crippen molar-refractivity contribution in [2.24, 2.45) is 11.8 Å². The molecule has 1 aromatic rings. The molecule has 2 atom stereocenters. The van der Waals surface area contributed by atoms with Gasteiger partial charge in [-0.1, -0.05) is 25.4 Å². The van der Waals surface area contributed by atoms with Crippen molar-refractivity contribution in [2.75, 3.05) is 45.8 Å². The van der Waals surface area contributed by atoms with Crippen LogP contribution in [0.2, 0.25) is 5.02 Å². The van der Waals surface area contributed by atoms with Gasteiger partial charge in [-0.25, -0.2) is 4.39 Å². The van der Waals surface area contributed by atoms with Crippen molar-refractivity contribution in [2.45, 2.75) is 20.3 Å². The fraction of sp³-hybridized carbons (Fsp3) is 0.600. The first kappa shape index (κ1) is 20.1. The summed E-state index contributed by atoms with van der Waals surface area (Å²) in [4.78, 5) is 31.0. The van der Waals surface area contributed by atoms with Crippen LogP contribution in [0.1, 0.15) is 30.6 Å². The molecule has 27 heavy (non-hydrogen) atoms. The number of hydrogen-bond acceptors (Lipinski definition) is 3. The molecule has 0 aliphatic carbocycles. The smallest absolute Gasteiger partial charge is 0.255 e. The van der Waals surface area contributed by atoms with E-state index in [4.69, 9.17) is 11.6 Å². The van der Waals surface area contributed by atoms with Gasteiger partial charge in [-0.15, -0.1) is 0 Å². The van der Waals surface area contributed by atoms with E-state index in [1.54, 1.807) is 4.90 Å². The summed E-state index contributed by atoms with van der Waals surface area (Å²) in [6.07, 6.45) is 1.18. The third-order valence-corrected chi connectivity index (χ3v) is 5.71. The van der Waals surface area contributed by atoms with Gasteiger partial charge in [0, 0.05) is 39.3 Å². The lowest BCUT2D eigenvalue weighted by atomic mass is 9.92.